The highest BCUT2D eigenvalue weighted by molar-refractivity contribution is 7.08. The minimum Gasteiger partial charge on any atom is -0.496 e. The Morgan fingerprint density at radius 1 is 1.30 bits per heavy atom. The van der Waals surface area contributed by atoms with Gasteiger partial charge in [-0.05, 0) is 59.5 Å². The van der Waals surface area contributed by atoms with Crippen molar-refractivity contribution < 1.29 is 9.53 Å². The van der Waals surface area contributed by atoms with E-state index in [0.29, 0.717) is 6.42 Å². The van der Waals surface area contributed by atoms with E-state index in [1.807, 2.05) is 53.2 Å². The number of piperidine rings is 1. The van der Waals surface area contributed by atoms with Crippen LogP contribution in [0.25, 0.3) is 0 Å². The van der Waals surface area contributed by atoms with Crippen LogP contribution in [0.3, 0.4) is 0 Å². The molecule has 0 bridgehead atoms. The first-order valence-corrected chi connectivity index (χ1v) is 11.1. The summed E-state index contributed by atoms with van der Waals surface area (Å²) in [6.07, 6.45) is 6.29. The summed E-state index contributed by atoms with van der Waals surface area (Å²) in [4.78, 5) is 18.9. The van der Waals surface area contributed by atoms with Crippen molar-refractivity contribution in [3.05, 3.63) is 76.6 Å². The third kappa shape index (κ3) is 5.83. The lowest BCUT2D eigenvalue weighted by molar-refractivity contribution is -0.121. The first-order chi connectivity index (χ1) is 14.6. The van der Waals surface area contributed by atoms with Crippen LogP contribution >= 0.6 is 11.3 Å². The number of thiophene rings is 1. The monoisotopic (exact) mass is 423 g/mol. The van der Waals surface area contributed by atoms with Gasteiger partial charge in [0.15, 0.2) is 0 Å². The number of nitrogens with zero attached hydrogens (tertiary/aromatic N) is 2. The van der Waals surface area contributed by atoms with E-state index in [-0.39, 0.29) is 11.9 Å². The Morgan fingerprint density at radius 3 is 2.73 bits per heavy atom. The lowest BCUT2D eigenvalue weighted by atomic mass is 10.0. The molecule has 0 radical (unpaired) electrons. The number of aliphatic imine (C=N–C) groups is 1. The fraction of sp³-hybridized carbons (Fsp3) is 0.333. The average Bonchev–Trinajstić information content (AvgIpc) is 3.27. The van der Waals surface area contributed by atoms with E-state index in [1.165, 1.54) is 0 Å². The summed E-state index contributed by atoms with van der Waals surface area (Å²) in [6, 6.07) is 10.1. The molecule has 1 N–H and O–H groups in total. The van der Waals surface area contributed by atoms with Crippen LogP contribution in [-0.4, -0.2) is 49.8 Å². The predicted octanol–water partition coefficient (Wildman–Crippen LogP) is 4.07. The van der Waals surface area contributed by atoms with Gasteiger partial charge < -0.3 is 15.0 Å². The van der Waals surface area contributed by atoms with Crippen LogP contribution in [0.1, 0.15) is 24.0 Å². The second-order valence-corrected chi connectivity index (χ2v) is 8.05. The third-order valence-electron chi connectivity index (χ3n) is 5.27. The molecule has 1 saturated heterocycles. The molecule has 1 aliphatic heterocycles. The summed E-state index contributed by atoms with van der Waals surface area (Å²) >= 11 is 1.62. The normalized spacial score (nSPS) is 15.4. The topological polar surface area (TPSA) is 53.9 Å². The number of nitrogens with one attached hydrogen (secondary N) is 1. The number of allylic oxidation sites excluding steroid dienone is 2. The van der Waals surface area contributed by atoms with Crippen LogP contribution in [0.4, 0.5) is 0 Å². The summed E-state index contributed by atoms with van der Waals surface area (Å²) in [7, 11) is 3.44. The molecule has 0 unspecified atom stereocenters. The SMILES string of the molecule is C=C(/C=C\C(=NC)c1ccccc1OC)N1CCC(NC(=O)Cc2ccsc2)CC1. The molecule has 1 fully saturated rings. The number of likely N-dealkylation sites (tertiary alicyclic amines) is 1. The zero-order valence-corrected chi connectivity index (χ0v) is 18.5. The zero-order valence-electron chi connectivity index (χ0n) is 17.6. The second-order valence-electron chi connectivity index (χ2n) is 7.27. The van der Waals surface area contributed by atoms with Gasteiger partial charge in [-0.2, -0.15) is 11.3 Å². The van der Waals surface area contributed by atoms with Gasteiger partial charge in [0.05, 0.1) is 19.2 Å². The van der Waals surface area contributed by atoms with E-state index < -0.39 is 0 Å². The lowest BCUT2D eigenvalue weighted by Crippen LogP contribution is -2.44. The summed E-state index contributed by atoms with van der Waals surface area (Å²) in [5.41, 5.74) is 3.84. The molecule has 0 aliphatic carbocycles. The molecule has 0 atom stereocenters. The van der Waals surface area contributed by atoms with E-state index in [2.05, 4.69) is 21.8 Å². The highest BCUT2D eigenvalue weighted by Crippen LogP contribution is 2.20. The quantitative estimate of drug-likeness (QED) is 0.514. The molecular formula is C24H29N3O2S. The minimum absolute atomic E-state index is 0.103. The van der Waals surface area contributed by atoms with Crippen molar-refractivity contribution in [3.63, 3.8) is 0 Å². The number of carbonyl (C=O) groups is 1. The summed E-state index contributed by atoms with van der Waals surface area (Å²) < 4.78 is 5.45. The Kier molecular flexibility index (Phi) is 7.85. The maximum atomic E-state index is 12.2. The highest BCUT2D eigenvalue weighted by atomic mass is 32.1. The highest BCUT2D eigenvalue weighted by Gasteiger charge is 2.21. The fourth-order valence-electron chi connectivity index (χ4n) is 3.59. The Balaban J connectivity index is 1.50. The number of methoxy groups -OCH3 is 1. The van der Waals surface area contributed by atoms with Crippen molar-refractivity contribution in [1.82, 2.24) is 10.2 Å². The van der Waals surface area contributed by atoms with Crippen LogP contribution in [0.5, 0.6) is 5.75 Å². The van der Waals surface area contributed by atoms with Gasteiger partial charge in [0.25, 0.3) is 0 Å². The van der Waals surface area contributed by atoms with Gasteiger partial charge in [-0.25, -0.2) is 0 Å². The van der Waals surface area contributed by atoms with Crippen molar-refractivity contribution in [1.29, 1.82) is 0 Å². The lowest BCUT2D eigenvalue weighted by Gasteiger charge is -2.34. The van der Waals surface area contributed by atoms with Gasteiger partial charge in [0.2, 0.25) is 5.91 Å². The van der Waals surface area contributed by atoms with Crippen LogP contribution in [0.15, 0.2) is 70.5 Å². The molecule has 1 aromatic carbocycles. The number of para-hydroxylation sites is 1. The summed E-state index contributed by atoms with van der Waals surface area (Å²) in [6.45, 7) is 5.97. The average molecular weight is 424 g/mol. The Hall–Kier alpha value is -2.86. The van der Waals surface area contributed by atoms with Gasteiger partial charge in [0.1, 0.15) is 5.75 Å². The van der Waals surface area contributed by atoms with Gasteiger partial charge in [0, 0.05) is 37.4 Å². The largest absolute Gasteiger partial charge is 0.496 e. The summed E-state index contributed by atoms with van der Waals surface area (Å²) in [5.74, 6) is 0.901. The van der Waals surface area contributed by atoms with Gasteiger partial charge in [-0.1, -0.05) is 18.7 Å². The third-order valence-corrected chi connectivity index (χ3v) is 6.00. The summed E-state index contributed by atoms with van der Waals surface area (Å²) in [5, 5.41) is 7.20. The Bertz CT molecular complexity index is 910. The molecule has 0 spiro atoms. The number of ether oxygens (including phenoxy) is 1. The molecule has 2 aromatic rings. The number of hydrogen-bond acceptors (Lipinski definition) is 5. The molecule has 2 heterocycles. The maximum absolute atomic E-state index is 12.2. The standard InChI is InChI=1S/C24H29N3O2S/c1-18(8-9-22(25-2)21-6-4-5-7-23(21)29-3)27-13-10-20(11-14-27)26-24(28)16-19-12-15-30-17-19/h4-9,12,15,17,20H,1,10-11,13-14,16H2,2-3H3,(H,26,28)/b9-8-,25-22?. The Labute approximate surface area is 182 Å². The molecule has 3 rings (SSSR count). The number of amides is 1. The molecule has 1 amide bonds. The molecule has 0 saturated carbocycles. The fourth-order valence-corrected chi connectivity index (χ4v) is 4.26. The van der Waals surface area contributed by atoms with Gasteiger partial charge in [-0.3, -0.25) is 9.79 Å². The molecule has 1 aromatic heterocycles. The van der Waals surface area contributed by atoms with Crippen molar-refractivity contribution in [2.45, 2.75) is 25.3 Å². The van der Waals surface area contributed by atoms with Crippen molar-refractivity contribution in [3.8, 4) is 5.75 Å². The number of benzene rings is 1. The number of carbonyl (C=O) groups excluding carboxylic acids is 1. The van der Waals surface area contributed by atoms with Crippen LogP contribution in [0, 0.1) is 0 Å². The molecule has 158 valence electrons. The minimum atomic E-state index is 0.103. The van der Waals surface area contributed by atoms with Gasteiger partial charge in [-0.15, -0.1) is 0 Å². The van der Waals surface area contributed by atoms with E-state index in [9.17, 15) is 4.79 Å². The molecule has 1 aliphatic rings. The zero-order chi connectivity index (χ0) is 21.3. The predicted molar refractivity (Wildman–Crippen MR) is 124 cm³/mol. The number of hydrogen-bond donors (Lipinski definition) is 1. The van der Waals surface area contributed by atoms with Crippen LogP contribution in [-0.2, 0) is 11.2 Å². The number of rotatable bonds is 8. The van der Waals surface area contributed by atoms with Crippen LogP contribution in [0.2, 0.25) is 0 Å². The van der Waals surface area contributed by atoms with E-state index >= 15 is 0 Å². The Morgan fingerprint density at radius 2 is 2.07 bits per heavy atom. The van der Waals surface area contributed by atoms with E-state index in [1.54, 1.807) is 25.5 Å². The maximum Gasteiger partial charge on any atom is 0.224 e. The molecule has 6 heteroatoms. The van der Waals surface area contributed by atoms with E-state index in [0.717, 1.165) is 54.2 Å². The van der Waals surface area contributed by atoms with Crippen LogP contribution < -0.4 is 10.1 Å². The second kappa shape index (κ2) is 10.8. The first kappa shape index (κ1) is 21.8. The van der Waals surface area contributed by atoms with Gasteiger partial charge >= 0.3 is 0 Å². The van der Waals surface area contributed by atoms with Crippen molar-refractivity contribution in [2.75, 3.05) is 27.2 Å². The van der Waals surface area contributed by atoms with Crippen molar-refractivity contribution in [2.24, 2.45) is 4.99 Å². The molecular weight excluding hydrogens is 394 g/mol. The van der Waals surface area contributed by atoms with Crippen molar-refractivity contribution >= 4 is 23.0 Å². The molecule has 30 heavy (non-hydrogen) atoms. The smallest absolute Gasteiger partial charge is 0.224 e. The first-order valence-electron chi connectivity index (χ1n) is 10.1. The molecule has 5 nitrogen and oxygen atoms in total. The van der Waals surface area contributed by atoms with E-state index in [4.69, 9.17) is 4.74 Å².